The highest BCUT2D eigenvalue weighted by Gasteiger charge is 2.48. The summed E-state index contributed by atoms with van der Waals surface area (Å²) < 4.78 is 0. The van der Waals surface area contributed by atoms with Crippen LogP contribution < -0.4 is 10.4 Å². The van der Waals surface area contributed by atoms with E-state index in [1.807, 2.05) is 0 Å². The number of rotatable bonds is 4. The van der Waals surface area contributed by atoms with Gasteiger partial charge in [0.2, 0.25) is 0 Å². The van der Waals surface area contributed by atoms with Crippen molar-refractivity contribution >= 4 is 24.7 Å². The zero-order valence-corrected chi connectivity index (χ0v) is 22.1. The van der Waals surface area contributed by atoms with Crippen LogP contribution in [0, 0.1) is 27.7 Å². The Morgan fingerprint density at radius 3 is 1.59 bits per heavy atom. The van der Waals surface area contributed by atoms with Gasteiger partial charge >= 0.3 is 0 Å². The zero-order valence-electron chi connectivity index (χ0n) is 20.9. The fourth-order valence-electron chi connectivity index (χ4n) is 5.85. The van der Waals surface area contributed by atoms with Gasteiger partial charge in [-0.1, -0.05) is 112 Å². The van der Waals surface area contributed by atoms with Crippen LogP contribution in [-0.2, 0) is 0 Å². The normalized spacial score (nSPS) is 18.8. The SMILES string of the molecule is CC1=C(C)C(C)([SiH](c2cc(C)ccc2C)c2cc(C)ccc2C)C(c2ccccc2)=C1C. The number of hydrogen-bond acceptors (Lipinski definition) is 0. The van der Waals surface area contributed by atoms with Crippen molar-refractivity contribution < 1.29 is 0 Å². The third-order valence-corrected chi connectivity index (χ3v) is 12.3. The highest BCUT2D eigenvalue weighted by molar-refractivity contribution is 6.90. The standard InChI is InChI=1S/C31H36Si/c1-20-14-16-22(3)28(18-20)32(29-19-21(2)15-17-23(29)4)31(8)26(7)24(5)25(6)30(31)27-12-10-9-11-13-27/h9-19,32H,1-8H3. The van der Waals surface area contributed by atoms with E-state index in [1.165, 1.54) is 44.5 Å². The fourth-order valence-corrected chi connectivity index (χ4v) is 10.7. The summed E-state index contributed by atoms with van der Waals surface area (Å²) in [5.41, 5.74) is 13.0. The molecule has 32 heavy (non-hydrogen) atoms. The van der Waals surface area contributed by atoms with Crippen molar-refractivity contribution in [3.8, 4) is 0 Å². The fraction of sp³-hybridized carbons (Fsp3) is 0.290. The van der Waals surface area contributed by atoms with E-state index in [0.29, 0.717) is 0 Å². The van der Waals surface area contributed by atoms with Gasteiger partial charge in [0.1, 0.15) is 8.80 Å². The first-order valence-electron chi connectivity index (χ1n) is 11.8. The molecule has 0 heterocycles. The Labute approximate surface area is 196 Å². The van der Waals surface area contributed by atoms with Crippen LogP contribution in [0.1, 0.15) is 55.5 Å². The number of benzene rings is 3. The molecule has 1 aliphatic rings. The Morgan fingerprint density at radius 1 is 0.594 bits per heavy atom. The van der Waals surface area contributed by atoms with Crippen molar-refractivity contribution in [3.05, 3.63) is 111 Å². The second kappa shape index (κ2) is 8.37. The van der Waals surface area contributed by atoms with Crippen molar-refractivity contribution in [3.63, 3.8) is 0 Å². The number of aryl methyl sites for hydroxylation is 4. The minimum atomic E-state index is -1.73. The minimum Gasteiger partial charge on any atom is -0.0622 e. The Bertz CT molecular complexity index is 1190. The molecule has 1 heteroatoms. The minimum absolute atomic E-state index is 0.00657. The van der Waals surface area contributed by atoms with Crippen LogP contribution in [0.3, 0.4) is 0 Å². The van der Waals surface area contributed by atoms with Crippen LogP contribution in [-0.4, -0.2) is 8.80 Å². The van der Waals surface area contributed by atoms with Crippen molar-refractivity contribution in [2.24, 2.45) is 0 Å². The van der Waals surface area contributed by atoms with Gasteiger partial charge in [-0.2, -0.15) is 0 Å². The summed E-state index contributed by atoms with van der Waals surface area (Å²) in [6.45, 7) is 18.7. The molecule has 0 radical (unpaired) electrons. The highest BCUT2D eigenvalue weighted by Crippen LogP contribution is 2.58. The molecule has 1 atom stereocenters. The molecule has 3 aromatic rings. The summed E-state index contributed by atoms with van der Waals surface area (Å²) in [6, 6.07) is 25.3. The quantitative estimate of drug-likeness (QED) is 0.393. The molecule has 1 aliphatic carbocycles. The molecule has 4 rings (SSSR count). The smallest absolute Gasteiger partial charge is 0.0622 e. The summed E-state index contributed by atoms with van der Waals surface area (Å²) in [6.07, 6.45) is 0. The third-order valence-electron chi connectivity index (χ3n) is 7.93. The van der Waals surface area contributed by atoms with Gasteiger partial charge in [-0.25, -0.2) is 0 Å². The maximum Gasteiger partial charge on any atom is 0.118 e. The predicted molar refractivity (Wildman–Crippen MR) is 144 cm³/mol. The molecule has 0 aromatic heterocycles. The topological polar surface area (TPSA) is 0 Å². The molecule has 0 amide bonds. The van der Waals surface area contributed by atoms with E-state index in [1.54, 1.807) is 15.9 Å². The Morgan fingerprint density at radius 2 is 1.09 bits per heavy atom. The van der Waals surface area contributed by atoms with Crippen molar-refractivity contribution in [1.29, 1.82) is 0 Å². The van der Waals surface area contributed by atoms with Crippen LogP contribution in [0.2, 0.25) is 5.04 Å². The summed E-state index contributed by atoms with van der Waals surface area (Å²) in [5.74, 6) is 0. The molecule has 0 fully saturated rings. The molecule has 1 unspecified atom stereocenters. The summed E-state index contributed by atoms with van der Waals surface area (Å²) in [5, 5.41) is 3.17. The molecule has 0 saturated carbocycles. The summed E-state index contributed by atoms with van der Waals surface area (Å²) >= 11 is 0. The van der Waals surface area contributed by atoms with Crippen molar-refractivity contribution in [1.82, 2.24) is 0 Å². The lowest BCUT2D eigenvalue weighted by Crippen LogP contribution is -2.53. The predicted octanol–water partition coefficient (Wildman–Crippen LogP) is 6.85. The van der Waals surface area contributed by atoms with Gasteiger partial charge in [-0.3, -0.25) is 0 Å². The molecular weight excluding hydrogens is 400 g/mol. The number of allylic oxidation sites excluding steroid dienone is 4. The van der Waals surface area contributed by atoms with E-state index >= 15 is 0 Å². The second-order valence-electron chi connectivity index (χ2n) is 9.97. The highest BCUT2D eigenvalue weighted by atomic mass is 28.3. The monoisotopic (exact) mass is 436 g/mol. The van der Waals surface area contributed by atoms with Crippen molar-refractivity contribution in [2.75, 3.05) is 0 Å². The van der Waals surface area contributed by atoms with Gasteiger partial charge in [0, 0.05) is 5.04 Å². The third kappa shape index (κ3) is 3.53. The maximum atomic E-state index is 2.55. The van der Waals surface area contributed by atoms with Gasteiger partial charge in [0.15, 0.2) is 0 Å². The first-order valence-corrected chi connectivity index (χ1v) is 13.5. The van der Waals surface area contributed by atoms with Crippen LogP contribution >= 0.6 is 0 Å². The first kappa shape index (κ1) is 22.5. The lowest BCUT2D eigenvalue weighted by molar-refractivity contribution is 0.901. The molecule has 0 N–H and O–H groups in total. The van der Waals surface area contributed by atoms with Gasteiger partial charge in [-0.15, -0.1) is 0 Å². The van der Waals surface area contributed by atoms with Gasteiger partial charge in [0.05, 0.1) is 0 Å². The van der Waals surface area contributed by atoms with E-state index in [0.717, 1.165) is 0 Å². The molecule has 164 valence electrons. The summed E-state index contributed by atoms with van der Waals surface area (Å²) in [7, 11) is -1.73. The van der Waals surface area contributed by atoms with E-state index in [4.69, 9.17) is 0 Å². The van der Waals surface area contributed by atoms with Crippen LogP contribution in [0.15, 0.2) is 83.4 Å². The molecule has 0 bridgehead atoms. The Hall–Kier alpha value is -2.64. The van der Waals surface area contributed by atoms with E-state index in [9.17, 15) is 0 Å². The average Bonchev–Trinajstić information content (AvgIpc) is 2.94. The van der Waals surface area contributed by atoms with Gasteiger partial charge < -0.3 is 0 Å². The molecule has 0 aliphatic heterocycles. The second-order valence-corrected chi connectivity index (χ2v) is 13.2. The molecule has 0 spiro atoms. The Balaban J connectivity index is 2.11. The largest absolute Gasteiger partial charge is 0.118 e. The van der Waals surface area contributed by atoms with E-state index in [2.05, 4.69) is 122 Å². The van der Waals surface area contributed by atoms with Crippen molar-refractivity contribution in [2.45, 2.75) is 60.4 Å². The van der Waals surface area contributed by atoms with Crippen LogP contribution in [0.4, 0.5) is 0 Å². The molecule has 0 nitrogen and oxygen atoms in total. The maximum absolute atomic E-state index is 2.55. The summed E-state index contributed by atoms with van der Waals surface area (Å²) in [4.78, 5) is 0. The molecule has 3 aromatic carbocycles. The lowest BCUT2D eigenvalue weighted by Gasteiger charge is -2.40. The van der Waals surface area contributed by atoms with Gasteiger partial charge in [0.25, 0.3) is 0 Å². The Kier molecular flexibility index (Phi) is 5.90. The molecular formula is C31H36Si. The van der Waals surface area contributed by atoms with E-state index < -0.39 is 8.80 Å². The van der Waals surface area contributed by atoms with Crippen LogP contribution in [0.25, 0.3) is 5.57 Å². The zero-order chi connectivity index (χ0) is 23.2. The lowest BCUT2D eigenvalue weighted by atomic mass is 9.90. The number of hydrogen-bond donors (Lipinski definition) is 0. The van der Waals surface area contributed by atoms with Crippen LogP contribution in [0.5, 0.6) is 0 Å². The average molecular weight is 437 g/mol. The molecule has 0 saturated heterocycles. The van der Waals surface area contributed by atoms with E-state index in [-0.39, 0.29) is 5.04 Å². The van der Waals surface area contributed by atoms with Gasteiger partial charge in [-0.05, 0) is 70.7 Å². The first-order chi connectivity index (χ1) is 15.2.